The molecular formula is C100H160N22O23. The molecule has 0 radical (unpaired) electrons. The number of hydrogen-bond donors (Lipinski definition) is 20. The molecule has 1 aromatic rings. The average Bonchev–Trinajstić information content (AvgIpc) is 1.57. The molecular weight excluding hydrogens is 1880 g/mol. The van der Waals surface area contributed by atoms with Crippen LogP contribution in [-0.2, 0) is 107 Å². The van der Waals surface area contributed by atoms with Crippen LogP contribution >= 0.6 is 0 Å². The Bertz CT molecular complexity index is 4850. The van der Waals surface area contributed by atoms with Crippen molar-refractivity contribution in [2.75, 3.05) is 46.8 Å². The van der Waals surface area contributed by atoms with Crippen LogP contribution in [0.25, 0.3) is 0 Å². The molecule has 45 heteroatoms. The summed E-state index contributed by atoms with van der Waals surface area (Å²) in [6.07, 6.45) is 5.17. The standard InChI is InChI=1S/C100H160N22O23/c1-25-53(12)76(101-33-9)93(138)111-68(32-8)100(145)121-48-38-42-71(121)89(134)105-60(19)83(128)109-66(30-6)98(143)122-49-39-44-73(122)91(136)113-70(50-64-40-35-34-36-41-64)88(133)110-67(31-7)99(144)120-47-37-43-72(120)90(135)106-62(21)85(130)115-79(56(15)28-4)96(141)118-80(63(22)123)97(142)112-69(45-46-74(124)125)87(132)116-78(55(14)27-3)95(140)108-65(29-5)86(131)104-59(18)82(127)103-61(20)84(129)114-75(52(10)11)92(137)117-77(54(13)26-2)94(139)107-58(17)81(126)102-51-57(16)119(23)24/h29-32,34-36,40-41,52-63,69-73,75-80,101,123H,25-28,33,37-39,42-51H2,1-24H3,(H,102,126)(H,103,127)(H,104,131)(H,105,134)(H,106,135)(H,107,139)(H,108,140)(H,109,128)(H,110,133)(H,111,138)(H,112,142)(H,113,136)(H,114,129)(H,115,130)(H,116,132)(H,117,137)(H,118,141)(H,124,125)/b65-29-,66-30-,67-31-,68-32-/t53-,54-,55-,56-,57?,58-,59-,60-,61-,62-,63+,69-,70-,71-,72-,73-,75-,76-,77-,78-,79-,80-/m0/s1. The maximum absolute atomic E-state index is 14.7. The highest BCUT2D eigenvalue weighted by atomic mass is 16.4. The van der Waals surface area contributed by atoms with Crippen LogP contribution in [0.15, 0.2) is 77.4 Å². The number of nitrogens with one attached hydrogen (secondary N) is 18. The number of rotatable bonds is 56. The van der Waals surface area contributed by atoms with Crippen LogP contribution in [0, 0.1) is 29.6 Å². The number of carbonyl (C=O) groups is 21. The Balaban J connectivity index is 1.41. The number of aliphatic hydroxyl groups is 1. The Hall–Kier alpha value is -13.1. The number of carboxylic acid groups (broad SMARTS) is 1. The van der Waals surface area contributed by atoms with E-state index < -0.39 is 269 Å². The molecule has 3 aliphatic rings. The quantitative estimate of drug-likeness (QED) is 0.0360. The van der Waals surface area contributed by atoms with Crippen molar-refractivity contribution in [3.63, 3.8) is 0 Å². The van der Waals surface area contributed by atoms with Gasteiger partial charge in [-0.25, -0.2) is 0 Å². The first-order chi connectivity index (χ1) is 68.3. The molecule has 0 aromatic heterocycles. The number of hydrogen-bond acceptors (Lipinski definition) is 24. The van der Waals surface area contributed by atoms with E-state index in [1.54, 1.807) is 85.7 Å². The molecule has 3 saturated heterocycles. The van der Waals surface area contributed by atoms with Gasteiger partial charge in [0.05, 0.1) is 12.1 Å². The van der Waals surface area contributed by atoms with Crippen molar-refractivity contribution in [2.45, 2.75) is 345 Å². The first kappa shape index (κ1) is 124. The van der Waals surface area contributed by atoms with Gasteiger partial charge in [0.15, 0.2) is 0 Å². The number of aliphatic carboxylic acids is 1. The van der Waals surface area contributed by atoms with E-state index in [2.05, 4.69) is 95.7 Å². The van der Waals surface area contributed by atoms with E-state index in [9.17, 15) is 111 Å². The molecule has 3 heterocycles. The largest absolute Gasteiger partial charge is 0.481 e. The Morgan fingerprint density at radius 2 is 0.717 bits per heavy atom. The summed E-state index contributed by atoms with van der Waals surface area (Å²) in [5.41, 5.74) is -0.357. The van der Waals surface area contributed by atoms with Crippen molar-refractivity contribution < 1.29 is 111 Å². The third-order valence-electron chi connectivity index (χ3n) is 26.6. The van der Waals surface area contributed by atoms with E-state index in [0.717, 1.165) is 6.92 Å². The van der Waals surface area contributed by atoms with E-state index in [1.807, 2.05) is 53.6 Å². The fourth-order valence-corrected chi connectivity index (χ4v) is 16.1. The fraction of sp³-hybridized carbons (Fsp3) is 0.650. The lowest BCUT2D eigenvalue weighted by atomic mass is 9.96. The maximum Gasteiger partial charge on any atom is 0.303 e. The van der Waals surface area contributed by atoms with Crippen LogP contribution in [0.5, 0.6) is 0 Å². The first-order valence-electron chi connectivity index (χ1n) is 50.3. The highest BCUT2D eigenvalue weighted by molar-refractivity contribution is 6.07. The monoisotopic (exact) mass is 2040 g/mol. The van der Waals surface area contributed by atoms with Crippen molar-refractivity contribution in [1.29, 1.82) is 0 Å². The number of nitrogens with zero attached hydrogens (tertiary/aromatic N) is 4. The Morgan fingerprint density at radius 1 is 0.372 bits per heavy atom. The topological polar surface area (TPSA) is 628 Å². The van der Waals surface area contributed by atoms with Crippen LogP contribution in [0.3, 0.4) is 0 Å². The minimum absolute atomic E-state index is 0.000351. The van der Waals surface area contributed by atoms with Gasteiger partial charge in [-0.3, -0.25) is 101 Å². The van der Waals surface area contributed by atoms with Crippen LogP contribution in [0.4, 0.5) is 0 Å². The van der Waals surface area contributed by atoms with Gasteiger partial charge in [-0.05, 0) is 177 Å². The molecule has 808 valence electrons. The first-order valence-corrected chi connectivity index (χ1v) is 50.3. The van der Waals surface area contributed by atoms with Crippen molar-refractivity contribution >= 4 is 124 Å². The van der Waals surface area contributed by atoms with Gasteiger partial charge in [0.2, 0.25) is 94.5 Å². The number of aliphatic hydroxyl groups excluding tert-OH is 1. The second-order valence-corrected chi connectivity index (χ2v) is 38.1. The fourth-order valence-electron chi connectivity index (χ4n) is 16.1. The zero-order valence-corrected chi connectivity index (χ0v) is 88.5. The molecule has 0 aliphatic carbocycles. The number of likely N-dealkylation sites (tertiary alicyclic amines) is 3. The number of benzene rings is 1. The summed E-state index contributed by atoms with van der Waals surface area (Å²) in [7, 11) is 3.71. The van der Waals surface area contributed by atoms with Gasteiger partial charge in [-0.1, -0.05) is 156 Å². The van der Waals surface area contributed by atoms with E-state index >= 15 is 0 Å². The molecule has 145 heavy (non-hydrogen) atoms. The zero-order valence-electron chi connectivity index (χ0n) is 88.5. The lowest BCUT2D eigenvalue weighted by Gasteiger charge is -2.30. The molecule has 1 aromatic carbocycles. The van der Waals surface area contributed by atoms with Gasteiger partial charge in [0.25, 0.3) is 23.6 Å². The minimum Gasteiger partial charge on any atom is -0.481 e. The third kappa shape index (κ3) is 37.2. The SMILES string of the molecule is C/C=C(\NC(=O)[C@@H](NC(=O)[C@H](CCC(=O)O)NC(=O)[C@@H](NC(=O)[C@@H](NC(=O)[C@H](C)NC(=O)[C@@H]1CCCN1C(=O)/C(=C/C)NC(=O)[C@H](Cc1ccccc1)NC(=O)[C@@H]1CCCN1C(=O)/C(=C/C)NC(=O)[C@H](C)NC(=O)[C@@H]1CCCN1C(=O)/C(=C/C)NC(=O)[C@@H](NCC)[C@@H](C)CC)[C@@H](C)CC)[C@@H](C)O)[C@@H](C)CC)C(=O)N[C@@H](C)C(=O)N[C@@H](C)C(=O)N[C@H](C(=O)N[C@H](C(=O)N[C@@H](C)C(=O)NCC(C)N(C)C)[C@@H](C)CC)C(C)C. The predicted molar refractivity (Wildman–Crippen MR) is 538 cm³/mol. The number of likely N-dealkylation sites (N-methyl/N-ethyl adjacent to an activating group) is 2. The van der Waals surface area contributed by atoms with E-state index in [-0.39, 0.29) is 93.6 Å². The number of amides is 20. The molecule has 0 bridgehead atoms. The van der Waals surface area contributed by atoms with Gasteiger partial charge in [0.1, 0.15) is 113 Å². The van der Waals surface area contributed by atoms with Crippen LogP contribution in [0.2, 0.25) is 0 Å². The summed E-state index contributed by atoms with van der Waals surface area (Å²) in [6, 6.07) is -12.2. The lowest BCUT2D eigenvalue weighted by molar-refractivity contribution is -0.139. The molecule has 0 spiro atoms. The molecule has 3 aliphatic heterocycles. The molecule has 22 atom stereocenters. The molecule has 45 nitrogen and oxygen atoms in total. The smallest absolute Gasteiger partial charge is 0.303 e. The van der Waals surface area contributed by atoms with Gasteiger partial charge < -0.3 is 126 Å². The maximum atomic E-state index is 14.7. The van der Waals surface area contributed by atoms with Crippen LogP contribution < -0.4 is 95.7 Å². The average molecular weight is 2040 g/mol. The lowest BCUT2D eigenvalue weighted by Crippen LogP contribution is -2.62. The zero-order chi connectivity index (χ0) is 109. The second-order valence-electron chi connectivity index (χ2n) is 38.1. The van der Waals surface area contributed by atoms with E-state index in [4.69, 9.17) is 0 Å². The number of carbonyl (C=O) groups excluding carboxylic acids is 20. The van der Waals surface area contributed by atoms with Crippen LogP contribution in [0.1, 0.15) is 235 Å². The molecule has 20 amide bonds. The summed E-state index contributed by atoms with van der Waals surface area (Å²) < 4.78 is 0. The Labute approximate surface area is 850 Å². The number of allylic oxidation sites excluding steroid dienone is 4. The molecule has 4 rings (SSSR count). The highest BCUT2D eigenvalue weighted by Gasteiger charge is 2.45. The summed E-state index contributed by atoms with van der Waals surface area (Å²) >= 11 is 0. The van der Waals surface area contributed by atoms with Crippen molar-refractivity contribution in [1.82, 2.24) is 115 Å². The Kier molecular flexibility index (Phi) is 51.9. The van der Waals surface area contributed by atoms with Gasteiger partial charge in [-0.2, -0.15) is 0 Å². The summed E-state index contributed by atoms with van der Waals surface area (Å²) in [5, 5.41) is 68.1. The molecule has 1 unspecified atom stereocenters. The molecule has 20 N–H and O–H groups in total. The van der Waals surface area contributed by atoms with E-state index in [1.165, 1.54) is 94.4 Å². The summed E-state index contributed by atoms with van der Waals surface area (Å²) in [6.45, 7) is 35.9. The molecule has 3 fully saturated rings. The highest BCUT2D eigenvalue weighted by Crippen LogP contribution is 2.26. The Morgan fingerprint density at radius 3 is 1.15 bits per heavy atom. The number of carboxylic acids is 1. The van der Waals surface area contributed by atoms with Crippen molar-refractivity contribution in [3.05, 3.63) is 83.0 Å². The van der Waals surface area contributed by atoms with Crippen molar-refractivity contribution in [2.24, 2.45) is 29.6 Å². The second kappa shape index (κ2) is 60.6. The van der Waals surface area contributed by atoms with Crippen molar-refractivity contribution in [3.8, 4) is 0 Å². The minimum atomic E-state index is -1.92. The third-order valence-corrected chi connectivity index (χ3v) is 26.6. The normalized spacial score (nSPS) is 18.9. The predicted octanol–water partition coefficient (Wildman–Crippen LogP) is -0.670. The van der Waals surface area contributed by atoms with Crippen LogP contribution in [-0.4, -0.2) is 310 Å². The van der Waals surface area contributed by atoms with Gasteiger partial charge in [0, 0.05) is 45.1 Å². The summed E-state index contributed by atoms with van der Waals surface area (Å²) in [5.74, 6) is -20.1. The van der Waals surface area contributed by atoms with E-state index in [0.29, 0.717) is 44.3 Å². The van der Waals surface area contributed by atoms with Gasteiger partial charge in [-0.15, -0.1) is 0 Å². The van der Waals surface area contributed by atoms with Gasteiger partial charge >= 0.3 is 5.97 Å². The molecule has 0 saturated carbocycles. The summed E-state index contributed by atoms with van der Waals surface area (Å²) in [4.78, 5) is 299.